The fourth-order valence-electron chi connectivity index (χ4n) is 2.41. The minimum absolute atomic E-state index is 0.00313. The van der Waals surface area contributed by atoms with Crippen molar-refractivity contribution < 1.29 is 18.0 Å². The van der Waals surface area contributed by atoms with Crippen LogP contribution in [-0.2, 0) is 11.0 Å². The van der Waals surface area contributed by atoms with Crippen LogP contribution < -0.4 is 15.5 Å². The van der Waals surface area contributed by atoms with Gasteiger partial charge in [-0.05, 0) is 43.3 Å². The molecule has 1 saturated heterocycles. The van der Waals surface area contributed by atoms with E-state index in [9.17, 15) is 18.0 Å². The number of carbonyl (C=O) groups excluding carboxylic acids is 1. The Bertz CT molecular complexity index is 598. The van der Waals surface area contributed by atoms with Crippen molar-refractivity contribution in [1.82, 2.24) is 5.32 Å². The fourth-order valence-corrected chi connectivity index (χ4v) is 2.64. The Morgan fingerprint density at radius 2 is 1.96 bits per heavy atom. The van der Waals surface area contributed by atoms with E-state index in [2.05, 4.69) is 10.6 Å². The number of rotatable bonds is 3. The number of alkyl halides is 3. The average molecular weight is 345 g/mol. The molecule has 0 spiro atoms. The SMILES string of the molecule is CCC(=O)NC(=S)Nc1cc(C(F)(F)F)ccc1N1CCCC1. The van der Waals surface area contributed by atoms with Crippen molar-refractivity contribution in [2.45, 2.75) is 32.4 Å². The van der Waals surface area contributed by atoms with Gasteiger partial charge in [0.25, 0.3) is 0 Å². The van der Waals surface area contributed by atoms with Gasteiger partial charge in [0, 0.05) is 19.5 Å². The van der Waals surface area contributed by atoms with Gasteiger partial charge in [-0.1, -0.05) is 6.92 Å². The second-order valence-corrected chi connectivity index (χ2v) is 5.69. The lowest BCUT2D eigenvalue weighted by molar-refractivity contribution is -0.137. The summed E-state index contributed by atoms with van der Waals surface area (Å²) in [6.45, 7) is 3.24. The summed E-state index contributed by atoms with van der Waals surface area (Å²) in [7, 11) is 0. The van der Waals surface area contributed by atoms with Gasteiger partial charge in [-0.3, -0.25) is 4.79 Å². The molecular weight excluding hydrogens is 327 g/mol. The molecule has 8 heteroatoms. The molecule has 0 radical (unpaired) electrons. The lowest BCUT2D eigenvalue weighted by atomic mass is 10.1. The summed E-state index contributed by atoms with van der Waals surface area (Å²) in [5.74, 6) is -0.294. The Labute approximate surface area is 138 Å². The summed E-state index contributed by atoms with van der Waals surface area (Å²) < 4.78 is 38.8. The highest BCUT2D eigenvalue weighted by Gasteiger charge is 2.31. The highest BCUT2D eigenvalue weighted by molar-refractivity contribution is 7.80. The fraction of sp³-hybridized carbons (Fsp3) is 0.467. The van der Waals surface area contributed by atoms with Gasteiger partial charge in [-0.15, -0.1) is 0 Å². The molecule has 0 atom stereocenters. The van der Waals surface area contributed by atoms with Gasteiger partial charge in [0.05, 0.1) is 16.9 Å². The highest BCUT2D eigenvalue weighted by Crippen LogP contribution is 2.36. The van der Waals surface area contributed by atoms with Gasteiger partial charge in [-0.25, -0.2) is 0 Å². The summed E-state index contributed by atoms with van der Waals surface area (Å²) in [6.07, 6.45) is -2.20. The van der Waals surface area contributed by atoms with Crippen LogP contribution >= 0.6 is 12.2 Å². The zero-order valence-electron chi connectivity index (χ0n) is 12.7. The first-order valence-corrected chi connectivity index (χ1v) is 7.79. The summed E-state index contributed by atoms with van der Waals surface area (Å²) in [5.41, 5.74) is 0.152. The van der Waals surface area contributed by atoms with Gasteiger partial charge in [-0.2, -0.15) is 13.2 Å². The molecule has 0 unspecified atom stereocenters. The van der Waals surface area contributed by atoms with Crippen LogP contribution in [0.3, 0.4) is 0 Å². The van der Waals surface area contributed by atoms with E-state index in [1.807, 2.05) is 4.90 Å². The summed E-state index contributed by atoms with van der Waals surface area (Å²) in [5, 5.41) is 5.16. The topological polar surface area (TPSA) is 44.4 Å². The van der Waals surface area contributed by atoms with Crippen molar-refractivity contribution in [1.29, 1.82) is 0 Å². The third-order valence-electron chi connectivity index (χ3n) is 3.59. The molecule has 0 saturated carbocycles. The Balaban J connectivity index is 2.28. The molecule has 126 valence electrons. The van der Waals surface area contributed by atoms with Crippen molar-refractivity contribution >= 4 is 34.6 Å². The monoisotopic (exact) mass is 345 g/mol. The third-order valence-corrected chi connectivity index (χ3v) is 3.80. The molecule has 2 N–H and O–H groups in total. The molecular formula is C15H18F3N3OS. The normalized spacial score (nSPS) is 14.7. The van der Waals surface area contributed by atoms with E-state index < -0.39 is 11.7 Å². The summed E-state index contributed by atoms with van der Waals surface area (Å²) in [4.78, 5) is 13.4. The Morgan fingerprint density at radius 1 is 1.30 bits per heavy atom. The smallest absolute Gasteiger partial charge is 0.370 e. The first kappa shape index (κ1) is 17.5. The van der Waals surface area contributed by atoms with Crippen molar-refractivity contribution in [3.05, 3.63) is 23.8 Å². The number of benzene rings is 1. The van der Waals surface area contributed by atoms with Crippen LogP contribution in [0.1, 0.15) is 31.7 Å². The van der Waals surface area contributed by atoms with E-state index in [0.717, 1.165) is 38.1 Å². The summed E-state index contributed by atoms with van der Waals surface area (Å²) in [6, 6.07) is 3.53. The number of thiocarbonyl (C=S) groups is 1. The zero-order chi connectivity index (χ0) is 17.0. The minimum atomic E-state index is -4.44. The Kier molecular flexibility index (Phi) is 5.46. The van der Waals surface area contributed by atoms with E-state index in [4.69, 9.17) is 12.2 Å². The second-order valence-electron chi connectivity index (χ2n) is 5.28. The molecule has 0 aromatic heterocycles. The molecule has 1 fully saturated rings. The number of carbonyl (C=O) groups is 1. The van der Waals surface area contributed by atoms with E-state index in [1.54, 1.807) is 6.92 Å². The minimum Gasteiger partial charge on any atom is -0.370 e. The lowest BCUT2D eigenvalue weighted by Crippen LogP contribution is -2.34. The molecule has 1 heterocycles. The van der Waals surface area contributed by atoms with E-state index in [0.29, 0.717) is 5.69 Å². The van der Waals surface area contributed by atoms with E-state index in [-0.39, 0.29) is 23.1 Å². The van der Waals surface area contributed by atoms with Crippen LogP contribution in [0.25, 0.3) is 0 Å². The molecule has 1 amide bonds. The number of nitrogens with one attached hydrogen (secondary N) is 2. The number of nitrogens with zero attached hydrogens (tertiary/aromatic N) is 1. The van der Waals surface area contributed by atoms with Crippen molar-refractivity contribution in [2.24, 2.45) is 0 Å². The van der Waals surface area contributed by atoms with E-state index >= 15 is 0 Å². The van der Waals surface area contributed by atoms with Crippen molar-refractivity contribution in [3.8, 4) is 0 Å². The van der Waals surface area contributed by atoms with Crippen molar-refractivity contribution in [3.63, 3.8) is 0 Å². The zero-order valence-corrected chi connectivity index (χ0v) is 13.5. The highest BCUT2D eigenvalue weighted by atomic mass is 32.1. The van der Waals surface area contributed by atoms with Crippen molar-refractivity contribution in [2.75, 3.05) is 23.3 Å². The van der Waals surface area contributed by atoms with Gasteiger partial charge in [0.15, 0.2) is 5.11 Å². The Morgan fingerprint density at radius 3 is 2.52 bits per heavy atom. The maximum Gasteiger partial charge on any atom is 0.416 e. The van der Waals surface area contributed by atoms with Crippen LogP contribution in [0.2, 0.25) is 0 Å². The molecule has 4 nitrogen and oxygen atoms in total. The molecule has 1 aliphatic heterocycles. The van der Waals surface area contributed by atoms with Crippen LogP contribution in [0.5, 0.6) is 0 Å². The van der Waals surface area contributed by atoms with E-state index in [1.165, 1.54) is 6.07 Å². The molecule has 1 aromatic rings. The van der Waals surface area contributed by atoms with Gasteiger partial charge in [0.2, 0.25) is 5.91 Å². The van der Waals surface area contributed by atoms with Crippen LogP contribution in [0, 0.1) is 0 Å². The second kappa shape index (κ2) is 7.16. The number of anilines is 2. The largest absolute Gasteiger partial charge is 0.416 e. The number of halogens is 3. The maximum absolute atomic E-state index is 12.9. The third kappa shape index (κ3) is 4.57. The number of amides is 1. The predicted molar refractivity (Wildman–Crippen MR) is 87.5 cm³/mol. The molecule has 1 aromatic carbocycles. The standard InChI is InChI=1S/C15H18F3N3OS/c1-2-13(22)20-14(23)19-11-9-10(15(16,17)18)5-6-12(11)21-7-3-4-8-21/h5-6,9H,2-4,7-8H2,1H3,(H2,19,20,22,23). The quantitative estimate of drug-likeness (QED) is 0.823. The predicted octanol–water partition coefficient (Wildman–Crippen LogP) is 3.53. The Hall–Kier alpha value is -1.83. The lowest BCUT2D eigenvalue weighted by Gasteiger charge is -2.23. The molecule has 23 heavy (non-hydrogen) atoms. The summed E-state index contributed by atoms with van der Waals surface area (Å²) >= 11 is 5.01. The van der Waals surface area contributed by atoms with Gasteiger partial charge in [0.1, 0.15) is 0 Å². The first-order valence-electron chi connectivity index (χ1n) is 7.38. The van der Waals surface area contributed by atoms with Crippen LogP contribution in [0.4, 0.5) is 24.5 Å². The molecule has 2 rings (SSSR count). The molecule has 1 aliphatic rings. The molecule has 0 bridgehead atoms. The van der Waals surface area contributed by atoms with Gasteiger partial charge >= 0.3 is 6.18 Å². The van der Waals surface area contributed by atoms with Crippen LogP contribution in [-0.4, -0.2) is 24.1 Å². The maximum atomic E-state index is 12.9. The van der Waals surface area contributed by atoms with Gasteiger partial charge < -0.3 is 15.5 Å². The molecule has 0 aliphatic carbocycles. The number of hydrogen-bond donors (Lipinski definition) is 2. The first-order chi connectivity index (χ1) is 10.8. The average Bonchev–Trinajstić information content (AvgIpc) is 3.00. The van der Waals surface area contributed by atoms with Crippen LogP contribution in [0.15, 0.2) is 18.2 Å². The number of hydrogen-bond acceptors (Lipinski definition) is 3.